The Morgan fingerprint density at radius 3 is 1.53 bits per heavy atom. The lowest BCUT2D eigenvalue weighted by atomic mass is 10.0. The van der Waals surface area contributed by atoms with Gasteiger partial charge in [-0.1, -0.05) is 20.3 Å². The third kappa shape index (κ3) is 3.44. The molecule has 3 aromatic heterocycles. The van der Waals surface area contributed by atoms with Gasteiger partial charge in [0.05, 0.1) is 15.6 Å². The van der Waals surface area contributed by atoms with Crippen molar-refractivity contribution in [2.75, 3.05) is 0 Å². The highest BCUT2D eigenvalue weighted by Gasteiger charge is 2.71. The van der Waals surface area contributed by atoms with Crippen LogP contribution in [0.2, 0.25) is 0 Å². The highest BCUT2D eigenvalue weighted by Crippen LogP contribution is 2.44. The fourth-order valence-electron chi connectivity index (χ4n) is 4.66. The minimum absolute atomic E-state index is 0.162. The maximum Gasteiger partial charge on any atom is 0.512 e. The lowest BCUT2D eigenvalue weighted by Crippen LogP contribution is -2.68. The summed E-state index contributed by atoms with van der Waals surface area (Å²) in [7, 11) is -14.2. The van der Waals surface area contributed by atoms with Crippen molar-refractivity contribution < 1.29 is 52.2 Å². The molecule has 3 heterocycles. The van der Waals surface area contributed by atoms with Crippen LogP contribution in [0.4, 0.5) is 26.3 Å². The van der Waals surface area contributed by atoms with Crippen molar-refractivity contribution in [2.45, 2.75) is 49.8 Å². The predicted molar refractivity (Wildman–Crippen MR) is 114 cm³/mol. The molecular weight excluding hydrogens is 538 g/mol. The van der Waals surface area contributed by atoms with Crippen LogP contribution in [0.5, 0.6) is 0 Å². The first-order valence-corrected chi connectivity index (χ1v) is 13.5. The summed E-state index contributed by atoms with van der Waals surface area (Å²) in [4.78, 5) is 0.841. The molecule has 0 saturated heterocycles. The molecule has 0 aliphatic heterocycles. The number of nitrogens with zero attached hydrogens (tertiary/aromatic N) is 4. The van der Waals surface area contributed by atoms with E-state index in [0.717, 1.165) is 11.7 Å². The van der Waals surface area contributed by atoms with Gasteiger partial charge in [0.1, 0.15) is 0 Å². The van der Waals surface area contributed by atoms with Crippen molar-refractivity contribution in [3.63, 3.8) is 0 Å². The first kappa shape index (κ1) is 26.3. The predicted octanol–water partition coefficient (Wildman–Crippen LogP) is 3.42. The number of alkyl halides is 6. The number of aromatic nitrogens is 3. The number of pyridine rings is 2. The minimum atomic E-state index is -7.08. The van der Waals surface area contributed by atoms with Crippen LogP contribution in [0.15, 0.2) is 48.8 Å². The highest BCUT2D eigenvalue weighted by atomic mass is 32.3. The van der Waals surface area contributed by atoms with Gasteiger partial charge in [0.25, 0.3) is 0 Å². The van der Waals surface area contributed by atoms with Crippen LogP contribution in [0, 0.1) is 0 Å². The molecule has 1 aromatic carbocycles. The molecular formula is C20H20F6N4O4S2+2. The number of hydrogen-bond donors (Lipinski definition) is 0. The molecule has 0 N–H and O–H groups in total. The van der Waals surface area contributed by atoms with Crippen molar-refractivity contribution in [1.29, 1.82) is 0 Å². The second-order valence-corrected chi connectivity index (χ2v) is 11.9. The van der Waals surface area contributed by atoms with Gasteiger partial charge < -0.3 is 0 Å². The Balaban J connectivity index is 2.29. The summed E-state index contributed by atoms with van der Waals surface area (Å²) in [6, 6.07) is 9.56. The fourth-order valence-corrected chi connectivity index (χ4v) is 8.06. The zero-order valence-corrected chi connectivity index (χ0v) is 20.4. The van der Waals surface area contributed by atoms with Gasteiger partial charge >= 0.3 is 42.1 Å². The van der Waals surface area contributed by atoms with E-state index in [9.17, 15) is 43.2 Å². The maximum atomic E-state index is 13.8. The van der Waals surface area contributed by atoms with Crippen molar-refractivity contribution in [3.05, 3.63) is 48.8 Å². The van der Waals surface area contributed by atoms with Gasteiger partial charge in [-0.25, -0.2) is 16.8 Å². The molecule has 8 nitrogen and oxygen atoms in total. The number of hydrogen-bond acceptors (Lipinski definition) is 4. The summed E-state index contributed by atoms with van der Waals surface area (Å²) in [5.74, 6) is 0. The van der Waals surface area contributed by atoms with Crippen LogP contribution in [-0.4, -0.2) is 36.4 Å². The first-order chi connectivity index (χ1) is 16.6. The Morgan fingerprint density at radius 2 is 1.19 bits per heavy atom. The van der Waals surface area contributed by atoms with Crippen LogP contribution in [0.3, 0.4) is 0 Å². The standard InChI is InChI=1S/C20H20F6N4O4S2/c1-3-11-18(4-2,30(35(31,32)19(21,22)23)36(33,34)20(24,25)26)29-27-12-5-7-14-9-10-15-8-6-13-28(29)17(15)16(14)27/h5-10,12-13H,3-4,11H2,1-2H3/q+2. The van der Waals surface area contributed by atoms with E-state index in [1.54, 1.807) is 24.3 Å². The van der Waals surface area contributed by atoms with Gasteiger partial charge in [-0.15, -0.1) is 0 Å². The van der Waals surface area contributed by atoms with Crippen LogP contribution in [0.1, 0.15) is 33.1 Å². The molecule has 0 amide bonds. The first-order valence-electron chi connectivity index (χ1n) is 10.6. The molecule has 0 aliphatic rings. The summed E-state index contributed by atoms with van der Waals surface area (Å²) >= 11 is 0. The number of rotatable bonds is 7. The molecule has 36 heavy (non-hydrogen) atoms. The Bertz CT molecular complexity index is 1550. The molecule has 0 aliphatic carbocycles. The Hall–Kier alpha value is -2.72. The maximum absolute atomic E-state index is 13.8. The fraction of sp³-hybridized carbons (Fsp3) is 0.400. The van der Waals surface area contributed by atoms with Gasteiger partial charge in [0.2, 0.25) is 18.1 Å². The molecule has 4 rings (SSSR count). The molecule has 16 heteroatoms. The Labute approximate surface area is 201 Å². The summed E-state index contributed by atoms with van der Waals surface area (Å²) in [5.41, 5.74) is -14.9. The van der Waals surface area contributed by atoms with E-state index in [1.807, 2.05) is 0 Å². The van der Waals surface area contributed by atoms with E-state index >= 15 is 0 Å². The SMILES string of the molecule is CCCC(CC)(N(S(=O)(=O)C(F)(F)F)S(=O)(=O)C(F)(F)F)n1[n+]2cccc3ccc4ccc[n+]1c4c32. The molecule has 0 fully saturated rings. The van der Waals surface area contributed by atoms with Crippen molar-refractivity contribution in [1.82, 2.24) is 8.51 Å². The molecule has 0 spiro atoms. The summed E-state index contributed by atoms with van der Waals surface area (Å²) in [6.07, 6.45) is 1.01. The van der Waals surface area contributed by atoms with Crippen LogP contribution < -0.4 is 9.03 Å². The zero-order valence-electron chi connectivity index (χ0n) is 18.7. The highest BCUT2D eigenvalue weighted by molar-refractivity contribution is 8.04. The van der Waals surface area contributed by atoms with Crippen LogP contribution in [0.25, 0.3) is 21.8 Å². The summed E-state index contributed by atoms with van der Waals surface area (Å²) < 4.78 is 135. The average Bonchev–Trinajstić information content (AvgIpc) is 3.12. The largest absolute Gasteiger partial charge is 0.512 e. The van der Waals surface area contributed by atoms with Crippen molar-refractivity contribution in [3.8, 4) is 0 Å². The quantitative estimate of drug-likeness (QED) is 0.198. The Morgan fingerprint density at radius 1 is 0.778 bits per heavy atom. The van der Waals surface area contributed by atoms with Crippen LogP contribution >= 0.6 is 0 Å². The summed E-state index contributed by atoms with van der Waals surface area (Å²) in [6.45, 7) is 2.52. The van der Waals surface area contributed by atoms with Gasteiger partial charge in [0, 0.05) is 12.1 Å². The van der Waals surface area contributed by atoms with Crippen LogP contribution in [-0.2, 0) is 25.7 Å². The molecule has 196 valence electrons. The van der Waals surface area contributed by atoms with Gasteiger partial charge in [0.15, 0.2) is 0 Å². The number of halogens is 6. The minimum Gasteiger partial charge on any atom is -0.201 e. The third-order valence-electron chi connectivity index (χ3n) is 6.04. The molecule has 1 atom stereocenters. The number of benzene rings is 1. The van der Waals surface area contributed by atoms with E-state index < -0.39 is 53.3 Å². The lowest BCUT2D eigenvalue weighted by Gasteiger charge is -2.36. The van der Waals surface area contributed by atoms with Gasteiger partial charge in [-0.3, -0.25) is 0 Å². The topological polar surface area (TPSA) is 84.7 Å². The molecule has 0 radical (unpaired) electrons. The van der Waals surface area contributed by atoms with E-state index in [1.165, 1.54) is 40.5 Å². The second kappa shape index (κ2) is 8.14. The van der Waals surface area contributed by atoms with Crippen molar-refractivity contribution in [2.24, 2.45) is 0 Å². The molecule has 0 bridgehead atoms. The lowest BCUT2D eigenvalue weighted by molar-refractivity contribution is -0.801. The van der Waals surface area contributed by atoms with Gasteiger partial charge in [-0.05, 0) is 49.8 Å². The van der Waals surface area contributed by atoms with E-state index in [0.29, 0.717) is 21.8 Å². The van der Waals surface area contributed by atoms with E-state index in [-0.39, 0.29) is 6.42 Å². The van der Waals surface area contributed by atoms with E-state index in [4.69, 9.17) is 0 Å². The second-order valence-electron chi connectivity index (χ2n) is 8.12. The smallest absolute Gasteiger partial charge is 0.201 e. The molecule has 1 unspecified atom stereocenters. The molecule has 0 saturated carbocycles. The average molecular weight is 559 g/mol. The van der Waals surface area contributed by atoms with Crippen molar-refractivity contribution >= 4 is 41.9 Å². The third-order valence-corrected chi connectivity index (χ3v) is 9.94. The summed E-state index contributed by atoms with van der Waals surface area (Å²) in [5, 5.41) is 1.08. The zero-order chi connectivity index (χ0) is 26.9. The monoisotopic (exact) mass is 558 g/mol. The Kier molecular flexibility index (Phi) is 5.96. The number of sulfonamides is 2. The normalized spacial score (nSPS) is 15.9. The van der Waals surface area contributed by atoms with Gasteiger partial charge in [-0.2, -0.15) is 26.3 Å². The molecule has 4 aromatic rings. The van der Waals surface area contributed by atoms with E-state index in [2.05, 4.69) is 0 Å².